The molecular weight excluding hydrogens is 268 g/mol. The highest BCUT2D eigenvalue weighted by Crippen LogP contribution is 2.14. The zero-order chi connectivity index (χ0) is 15.5. The fourth-order valence-corrected chi connectivity index (χ4v) is 1.76. The van der Waals surface area contributed by atoms with Crippen LogP contribution in [0.1, 0.15) is 31.2 Å². The highest BCUT2D eigenvalue weighted by atomic mass is 16.5. The van der Waals surface area contributed by atoms with Crippen LogP contribution in [0.25, 0.3) is 0 Å². The summed E-state index contributed by atoms with van der Waals surface area (Å²) < 4.78 is 10.2. The van der Waals surface area contributed by atoms with Crippen molar-refractivity contribution in [3.8, 4) is 17.9 Å². The van der Waals surface area contributed by atoms with E-state index < -0.39 is 11.9 Å². The van der Waals surface area contributed by atoms with Gasteiger partial charge in [-0.15, -0.1) is 0 Å². The number of nitrogens with zero attached hydrogens (tertiary/aromatic N) is 2. The number of methoxy groups -OCH3 is 1. The largest absolute Gasteiger partial charge is 0.497 e. The third kappa shape index (κ3) is 5.97. The fraction of sp³-hybridized carbons (Fsp3) is 0.438. The number of carbonyl (C=O) groups excluding carboxylic acids is 1. The van der Waals surface area contributed by atoms with Crippen LogP contribution in [0.5, 0.6) is 5.75 Å². The van der Waals surface area contributed by atoms with Gasteiger partial charge in [0, 0.05) is 6.42 Å². The molecule has 0 aliphatic carbocycles. The molecule has 1 atom stereocenters. The average molecular weight is 286 g/mol. The molecule has 0 N–H and O–H groups in total. The number of hydrogen-bond acceptors (Lipinski definition) is 5. The maximum Gasteiger partial charge on any atom is 0.323 e. The smallest absolute Gasteiger partial charge is 0.323 e. The van der Waals surface area contributed by atoms with Gasteiger partial charge in [-0.2, -0.15) is 10.5 Å². The van der Waals surface area contributed by atoms with Gasteiger partial charge in [0.2, 0.25) is 0 Å². The molecule has 0 amide bonds. The molecule has 1 rings (SSSR count). The second-order valence-corrected chi connectivity index (χ2v) is 4.54. The molecule has 5 heteroatoms. The van der Waals surface area contributed by atoms with E-state index in [1.165, 1.54) is 0 Å². The maximum atomic E-state index is 11.8. The molecule has 0 aliphatic rings. The van der Waals surface area contributed by atoms with Crippen molar-refractivity contribution >= 4 is 5.97 Å². The molecule has 110 valence electrons. The van der Waals surface area contributed by atoms with Gasteiger partial charge in [-0.1, -0.05) is 18.6 Å². The Morgan fingerprint density at radius 1 is 1.24 bits per heavy atom. The minimum absolute atomic E-state index is 0.138. The lowest BCUT2D eigenvalue weighted by molar-refractivity contribution is -0.148. The molecule has 0 aromatic heterocycles. The van der Waals surface area contributed by atoms with Crippen LogP contribution < -0.4 is 4.74 Å². The number of ether oxygens (including phenoxy) is 2. The molecule has 0 bridgehead atoms. The van der Waals surface area contributed by atoms with E-state index >= 15 is 0 Å². The Hall–Kier alpha value is -2.53. The Kier molecular flexibility index (Phi) is 7.39. The van der Waals surface area contributed by atoms with Gasteiger partial charge in [0.25, 0.3) is 0 Å². The Morgan fingerprint density at radius 3 is 2.52 bits per heavy atom. The molecule has 1 aromatic rings. The number of nitriles is 2. The van der Waals surface area contributed by atoms with Gasteiger partial charge in [0.15, 0.2) is 0 Å². The topological polar surface area (TPSA) is 83.1 Å². The first-order valence-corrected chi connectivity index (χ1v) is 6.77. The van der Waals surface area contributed by atoms with E-state index in [9.17, 15) is 4.79 Å². The number of rotatable bonds is 8. The third-order valence-electron chi connectivity index (χ3n) is 3.01. The van der Waals surface area contributed by atoms with Gasteiger partial charge in [-0.25, -0.2) is 0 Å². The monoisotopic (exact) mass is 286 g/mol. The van der Waals surface area contributed by atoms with Crippen molar-refractivity contribution in [3.05, 3.63) is 29.8 Å². The molecule has 0 saturated carbocycles. The minimum Gasteiger partial charge on any atom is -0.497 e. The van der Waals surface area contributed by atoms with Crippen LogP contribution in [0.2, 0.25) is 0 Å². The van der Waals surface area contributed by atoms with Gasteiger partial charge in [0.05, 0.1) is 19.2 Å². The Bertz CT molecular complexity index is 526. The number of benzene rings is 1. The van der Waals surface area contributed by atoms with Crippen molar-refractivity contribution in [2.75, 3.05) is 7.11 Å². The summed E-state index contributed by atoms with van der Waals surface area (Å²) in [5.74, 6) is -0.537. The van der Waals surface area contributed by atoms with Gasteiger partial charge in [-0.05, 0) is 30.5 Å². The SMILES string of the molecule is COc1ccc(COC(=O)C(C#N)CCCCC#N)cc1. The Balaban J connectivity index is 2.39. The minimum atomic E-state index is -0.762. The fourth-order valence-electron chi connectivity index (χ4n) is 1.76. The van der Waals surface area contributed by atoms with Gasteiger partial charge < -0.3 is 9.47 Å². The predicted molar refractivity (Wildman–Crippen MR) is 76.0 cm³/mol. The van der Waals surface area contributed by atoms with E-state index in [1.807, 2.05) is 12.1 Å². The molecule has 0 saturated heterocycles. The summed E-state index contributed by atoms with van der Waals surface area (Å²) in [4.78, 5) is 11.8. The Morgan fingerprint density at radius 2 is 1.95 bits per heavy atom. The van der Waals surface area contributed by atoms with Crippen LogP contribution in [-0.2, 0) is 16.1 Å². The molecule has 0 fully saturated rings. The highest BCUT2D eigenvalue weighted by molar-refractivity contribution is 5.75. The number of unbranched alkanes of at least 4 members (excludes halogenated alkanes) is 2. The van der Waals surface area contributed by atoms with Crippen LogP contribution in [0, 0.1) is 28.6 Å². The number of carbonyl (C=O) groups is 1. The zero-order valence-electron chi connectivity index (χ0n) is 12.0. The summed E-state index contributed by atoms with van der Waals surface area (Å²) in [5.41, 5.74) is 0.838. The summed E-state index contributed by atoms with van der Waals surface area (Å²) in [6.07, 6.45) is 2.24. The van der Waals surface area contributed by atoms with Crippen molar-refractivity contribution < 1.29 is 14.3 Å². The summed E-state index contributed by atoms with van der Waals surface area (Å²) in [6, 6.07) is 11.2. The zero-order valence-corrected chi connectivity index (χ0v) is 12.0. The van der Waals surface area contributed by atoms with Crippen LogP contribution in [-0.4, -0.2) is 13.1 Å². The molecule has 0 heterocycles. The first-order chi connectivity index (χ1) is 10.2. The molecule has 0 radical (unpaired) electrons. The number of hydrogen-bond donors (Lipinski definition) is 0. The van der Waals surface area contributed by atoms with E-state index in [4.69, 9.17) is 20.0 Å². The van der Waals surface area contributed by atoms with E-state index in [-0.39, 0.29) is 6.61 Å². The molecule has 5 nitrogen and oxygen atoms in total. The summed E-state index contributed by atoms with van der Waals surface area (Å²) in [5, 5.41) is 17.4. The molecule has 1 unspecified atom stereocenters. The lowest BCUT2D eigenvalue weighted by Crippen LogP contribution is -2.16. The normalized spacial score (nSPS) is 11.0. The predicted octanol–water partition coefficient (Wildman–Crippen LogP) is 2.96. The lowest BCUT2D eigenvalue weighted by Gasteiger charge is -2.09. The van der Waals surface area contributed by atoms with Crippen molar-refractivity contribution in [2.24, 2.45) is 5.92 Å². The summed E-state index contributed by atoms with van der Waals surface area (Å²) in [6.45, 7) is 0.138. The van der Waals surface area contributed by atoms with Crippen LogP contribution >= 0.6 is 0 Å². The highest BCUT2D eigenvalue weighted by Gasteiger charge is 2.19. The van der Waals surface area contributed by atoms with Crippen LogP contribution in [0.4, 0.5) is 0 Å². The second-order valence-electron chi connectivity index (χ2n) is 4.54. The van der Waals surface area contributed by atoms with E-state index in [1.54, 1.807) is 31.4 Å². The lowest BCUT2D eigenvalue weighted by atomic mass is 10.0. The van der Waals surface area contributed by atoms with Crippen LogP contribution in [0.3, 0.4) is 0 Å². The molecular formula is C16H18N2O3. The molecule has 0 spiro atoms. The van der Waals surface area contributed by atoms with Gasteiger partial charge in [-0.3, -0.25) is 4.79 Å². The average Bonchev–Trinajstić information content (AvgIpc) is 2.53. The second kappa shape index (κ2) is 9.39. The quantitative estimate of drug-likeness (QED) is 0.542. The summed E-state index contributed by atoms with van der Waals surface area (Å²) in [7, 11) is 1.58. The third-order valence-corrected chi connectivity index (χ3v) is 3.01. The van der Waals surface area contributed by atoms with E-state index in [0.717, 1.165) is 11.3 Å². The Labute approximate surface area is 124 Å². The number of esters is 1. The first kappa shape index (κ1) is 16.5. The maximum absolute atomic E-state index is 11.8. The molecule has 0 aliphatic heterocycles. The standard InChI is InChI=1S/C16H18N2O3/c1-20-15-8-6-13(7-9-15)12-21-16(19)14(11-18)5-3-2-4-10-17/h6-9,14H,2-5,12H2,1H3. The van der Waals surface area contributed by atoms with Crippen LogP contribution in [0.15, 0.2) is 24.3 Å². The molecule has 21 heavy (non-hydrogen) atoms. The van der Waals surface area contributed by atoms with Gasteiger partial charge in [0.1, 0.15) is 18.3 Å². The van der Waals surface area contributed by atoms with E-state index in [0.29, 0.717) is 25.7 Å². The van der Waals surface area contributed by atoms with Crippen molar-refractivity contribution in [1.82, 2.24) is 0 Å². The molecule has 1 aromatic carbocycles. The van der Waals surface area contributed by atoms with Crippen molar-refractivity contribution in [2.45, 2.75) is 32.3 Å². The first-order valence-electron chi connectivity index (χ1n) is 6.77. The van der Waals surface area contributed by atoms with Gasteiger partial charge >= 0.3 is 5.97 Å². The van der Waals surface area contributed by atoms with Crippen molar-refractivity contribution in [1.29, 1.82) is 10.5 Å². The summed E-state index contributed by atoms with van der Waals surface area (Å²) >= 11 is 0. The van der Waals surface area contributed by atoms with E-state index in [2.05, 4.69) is 0 Å². The van der Waals surface area contributed by atoms with Crippen molar-refractivity contribution in [3.63, 3.8) is 0 Å².